The topological polar surface area (TPSA) is 83.9 Å². The molecule has 3 rings (SSSR count). The molecule has 2 unspecified atom stereocenters. The van der Waals surface area contributed by atoms with Gasteiger partial charge in [-0.25, -0.2) is 0 Å². The summed E-state index contributed by atoms with van der Waals surface area (Å²) in [6.45, 7) is 1.86. The number of ether oxygens (including phenoxy) is 1. The summed E-state index contributed by atoms with van der Waals surface area (Å²) in [5.41, 5.74) is -0.640. The first-order valence-corrected chi connectivity index (χ1v) is 9.75. The normalized spacial score (nSPS) is 21.3. The molecule has 0 aromatic heterocycles. The highest BCUT2D eigenvalue weighted by molar-refractivity contribution is 6.30. The van der Waals surface area contributed by atoms with Gasteiger partial charge in [-0.15, -0.1) is 0 Å². The van der Waals surface area contributed by atoms with Gasteiger partial charge in [-0.3, -0.25) is 14.4 Å². The van der Waals surface area contributed by atoms with Crippen molar-refractivity contribution in [2.75, 3.05) is 6.61 Å². The molecule has 0 radical (unpaired) electrons. The lowest BCUT2D eigenvalue weighted by atomic mass is 9.95. The fourth-order valence-corrected chi connectivity index (χ4v) is 3.62. The first-order valence-electron chi connectivity index (χ1n) is 9.37. The van der Waals surface area contributed by atoms with Crippen LogP contribution in [0.5, 0.6) is 0 Å². The number of rotatable bonds is 7. The molecular formula is C22H22ClNO5. The number of likely N-dealkylation sites (tertiary alicyclic amines) is 1. The van der Waals surface area contributed by atoms with Crippen molar-refractivity contribution in [1.29, 1.82) is 0 Å². The molecule has 29 heavy (non-hydrogen) atoms. The number of halogens is 1. The van der Waals surface area contributed by atoms with Crippen LogP contribution in [0.4, 0.5) is 0 Å². The Morgan fingerprint density at radius 1 is 1.17 bits per heavy atom. The molecule has 0 spiro atoms. The van der Waals surface area contributed by atoms with Crippen LogP contribution in [0.1, 0.15) is 35.7 Å². The summed E-state index contributed by atoms with van der Waals surface area (Å²) in [6, 6.07) is 15.4. The van der Waals surface area contributed by atoms with Crippen LogP contribution >= 0.6 is 11.6 Å². The van der Waals surface area contributed by atoms with Crippen LogP contribution in [0.25, 0.3) is 0 Å². The van der Waals surface area contributed by atoms with E-state index in [-0.39, 0.29) is 31.8 Å². The number of Topliss-reactive ketones (excluding diaryl/α,β-unsaturated/α-hetero) is 1. The van der Waals surface area contributed by atoms with E-state index in [0.29, 0.717) is 10.6 Å². The molecule has 0 bridgehead atoms. The summed E-state index contributed by atoms with van der Waals surface area (Å²) in [5, 5.41) is 11.8. The second-order valence-corrected chi connectivity index (χ2v) is 7.44. The molecule has 1 amide bonds. The van der Waals surface area contributed by atoms with Crippen LogP contribution < -0.4 is 0 Å². The van der Waals surface area contributed by atoms with Gasteiger partial charge >= 0.3 is 5.97 Å². The molecule has 1 heterocycles. The fourth-order valence-electron chi connectivity index (χ4n) is 3.50. The van der Waals surface area contributed by atoms with E-state index in [1.807, 2.05) is 30.3 Å². The number of esters is 1. The van der Waals surface area contributed by atoms with Crippen molar-refractivity contribution in [3.8, 4) is 0 Å². The summed E-state index contributed by atoms with van der Waals surface area (Å²) >= 11 is 5.87. The highest BCUT2D eigenvalue weighted by atomic mass is 35.5. The third kappa shape index (κ3) is 4.66. The summed E-state index contributed by atoms with van der Waals surface area (Å²) in [7, 11) is 0. The Labute approximate surface area is 174 Å². The maximum atomic E-state index is 12.9. The van der Waals surface area contributed by atoms with Crippen molar-refractivity contribution in [1.82, 2.24) is 4.90 Å². The molecule has 1 N–H and O–H groups in total. The largest absolute Gasteiger partial charge is 0.465 e. The number of ketones is 1. The van der Waals surface area contributed by atoms with E-state index in [4.69, 9.17) is 16.3 Å². The highest BCUT2D eigenvalue weighted by Gasteiger charge is 2.53. The zero-order valence-corrected chi connectivity index (χ0v) is 16.8. The molecule has 1 aliphatic heterocycles. The quantitative estimate of drug-likeness (QED) is 0.426. The average Bonchev–Trinajstić information content (AvgIpc) is 2.94. The number of aliphatic hydroxyl groups is 1. The lowest BCUT2D eigenvalue weighted by molar-refractivity contribution is -0.153. The summed E-state index contributed by atoms with van der Waals surface area (Å²) in [6.07, 6.45) is -0.528. The second-order valence-electron chi connectivity index (χ2n) is 7.01. The molecule has 2 aromatic carbocycles. The monoisotopic (exact) mass is 415 g/mol. The van der Waals surface area contributed by atoms with Gasteiger partial charge < -0.3 is 14.7 Å². The van der Waals surface area contributed by atoms with Crippen LogP contribution in [0.2, 0.25) is 5.02 Å². The SMILES string of the molecule is CCOC(=O)C1CC(O)(CC(=O)c2ccc(Cl)cc2)N(Cc2ccccc2)C1=O. The van der Waals surface area contributed by atoms with Crippen LogP contribution in [-0.2, 0) is 20.9 Å². The van der Waals surface area contributed by atoms with E-state index in [0.717, 1.165) is 5.56 Å². The van der Waals surface area contributed by atoms with Crippen LogP contribution in [-0.4, -0.2) is 40.0 Å². The lowest BCUT2D eigenvalue weighted by Gasteiger charge is -2.33. The van der Waals surface area contributed by atoms with E-state index >= 15 is 0 Å². The zero-order valence-electron chi connectivity index (χ0n) is 16.0. The maximum absolute atomic E-state index is 12.9. The van der Waals surface area contributed by atoms with Crippen LogP contribution in [0.15, 0.2) is 54.6 Å². The minimum Gasteiger partial charge on any atom is -0.465 e. The number of hydrogen-bond donors (Lipinski definition) is 1. The van der Waals surface area contributed by atoms with E-state index in [2.05, 4.69) is 0 Å². The fraction of sp³-hybridized carbons (Fsp3) is 0.318. The molecule has 7 heteroatoms. The van der Waals surface area contributed by atoms with E-state index in [1.165, 1.54) is 4.90 Å². The van der Waals surface area contributed by atoms with Gasteiger partial charge in [-0.2, -0.15) is 0 Å². The number of nitrogens with zero attached hydrogens (tertiary/aromatic N) is 1. The Bertz CT molecular complexity index is 899. The van der Waals surface area contributed by atoms with Crippen LogP contribution in [0, 0.1) is 5.92 Å². The van der Waals surface area contributed by atoms with E-state index in [9.17, 15) is 19.5 Å². The Kier molecular flexibility index (Phi) is 6.35. The summed E-state index contributed by atoms with van der Waals surface area (Å²) in [4.78, 5) is 39.2. The Balaban J connectivity index is 1.88. The predicted octanol–water partition coefficient (Wildman–Crippen LogP) is 3.21. The lowest BCUT2D eigenvalue weighted by Crippen LogP contribution is -2.46. The van der Waals surface area contributed by atoms with Crippen molar-refractivity contribution >= 4 is 29.3 Å². The Morgan fingerprint density at radius 2 is 1.83 bits per heavy atom. The number of carbonyl (C=O) groups excluding carboxylic acids is 3. The minimum atomic E-state index is -1.79. The molecule has 0 saturated carbocycles. The third-order valence-electron chi connectivity index (χ3n) is 4.96. The number of carbonyl (C=O) groups is 3. The smallest absolute Gasteiger partial charge is 0.318 e. The predicted molar refractivity (Wildman–Crippen MR) is 107 cm³/mol. The Morgan fingerprint density at radius 3 is 2.45 bits per heavy atom. The molecule has 2 atom stereocenters. The molecule has 152 valence electrons. The van der Waals surface area contributed by atoms with Gasteiger partial charge in [0.2, 0.25) is 5.91 Å². The van der Waals surface area contributed by atoms with Gasteiger partial charge in [-0.1, -0.05) is 41.9 Å². The first kappa shape index (κ1) is 21.0. The van der Waals surface area contributed by atoms with Crippen molar-refractivity contribution in [2.24, 2.45) is 5.92 Å². The molecule has 1 saturated heterocycles. The molecule has 1 fully saturated rings. The van der Waals surface area contributed by atoms with Crippen molar-refractivity contribution in [2.45, 2.75) is 32.0 Å². The van der Waals surface area contributed by atoms with Crippen LogP contribution in [0.3, 0.4) is 0 Å². The van der Waals surface area contributed by atoms with Gasteiger partial charge in [0.25, 0.3) is 0 Å². The maximum Gasteiger partial charge on any atom is 0.318 e. The standard InChI is InChI=1S/C22H22ClNO5/c1-2-29-21(27)18-12-22(28,13-19(25)16-8-10-17(23)11-9-16)24(20(18)26)14-15-6-4-3-5-7-15/h3-11,18,28H,2,12-14H2,1H3. The van der Waals surface area contributed by atoms with Crippen molar-refractivity contribution < 1.29 is 24.2 Å². The van der Waals surface area contributed by atoms with Gasteiger partial charge in [-0.05, 0) is 36.8 Å². The zero-order chi connectivity index (χ0) is 21.0. The van der Waals surface area contributed by atoms with Gasteiger partial charge in [0.05, 0.1) is 13.0 Å². The summed E-state index contributed by atoms with van der Waals surface area (Å²) in [5.74, 6) is -2.72. The van der Waals surface area contributed by atoms with Crippen molar-refractivity contribution in [3.05, 3.63) is 70.7 Å². The molecule has 6 nitrogen and oxygen atoms in total. The Hall–Kier alpha value is -2.70. The third-order valence-corrected chi connectivity index (χ3v) is 5.21. The number of benzene rings is 2. The van der Waals surface area contributed by atoms with Gasteiger partial charge in [0.15, 0.2) is 5.78 Å². The number of hydrogen-bond acceptors (Lipinski definition) is 5. The second kappa shape index (κ2) is 8.76. The van der Waals surface area contributed by atoms with E-state index < -0.39 is 23.5 Å². The highest BCUT2D eigenvalue weighted by Crippen LogP contribution is 2.38. The van der Waals surface area contributed by atoms with Gasteiger partial charge in [0.1, 0.15) is 11.6 Å². The molecule has 2 aromatic rings. The molecule has 1 aliphatic rings. The number of amides is 1. The molecule has 0 aliphatic carbocycles. The minimum absolute atomic E-state index is 0.0833. The summed E-state index contributed by atoms with van der Waals surface area (Å²) < 4.78 is 4.99. The molecular weight excluding hydrogens is 394 g/mol. The average molecular weight is 416 g/mol. The van der Waals surface area contributed by atoms with E-state index in [1.54, 1.807) is 31.2 Å². The van der Waals surface area contributed by atoms with Gasteiger partial charge in [0, 0.05) is 23.6 Å². The van der Waals surface area contributed by atoms with Crippen molar-refractivity contribution in [3.63, 3.8) is 0 Å². The first-order chi connectivity index (χ1) is 13.8.